The number of halogens is 1. The number of carbonyl (C=O) groups is 1. The van der Waals surface area contributed by atoms with Crippen molar-refractivity contribution in [3.05, 3.63) is 64.7 Å². The zero-order valence-corrected chi connectivity index (χ0v) is 15.4. The first kappa shape index (κ1) is 18.4. The summed E-state index contributed by atoms with van der Waals surface area (Å²) in [6.45, 7) is 5.39. The molecule has 6 heteroatoms. The Bertz CT molecular complexity index is 809. The number of hydrogen-bond donors (Lipinski definition) is 3. The second-order valence-corrected chi connectivity index (χ2v) is 7.13. The SMILES string of the molecule is N#Cc1ccccc1NC(=O)C[NH+]1CC[NH+](Cc2cccc(Cl)c2)CC1. The van der Waals surface area contributed by atoms with Crippen molar-refractivity contribution in [1.82, 2.24) is 0 Å². The largest absolute Gasteiger partial charge is 0.322 e. The van der Waals surface area contributed by atoms with E-state index in [0.29, 0.717) is 17.8 Å². The van der Waals surface area contributed by atoms with Gasteiger partial charge in [0, 0.05) is 10.6 Å². The Kier molecular flexibility index (Phi) is 6.24. The normalized spacial score (nSPS) is 19.5. The van der Waals surface area contributed by atoms with E-state index in [1.165, 1.54) is 15.4 Å². The van der Waals surface area contributed by atoms with Crippen LogP contribution in [0.5, 0.6) is 0 Å². The second kappa shape index (κ2) is 8.81. The molecule has 1 fully saturated rings. The first-order chi connectivity index (χ1) is 12.6. The van der Waals surface area contributed by atoms with Crippen LogP contribution in [0, 0.1) is 11.3 Å². The highest BCUT2D eigenvalue weighted by Crippen LogP contribution is 2.12. The zero-order chi connectivity index (χ0) is 18.4. The monoisotopic (exact) mass is 370 g/mol. The van der Waals surface area contributed by atoms with Gasteiger partial charge in [0.1, 0.15) is 38.8 Å². The number of carbonyl (C=O) groups excluding carboxylic acids is 1. The highest BCUT2D eigenvalue weighted by atomic mass is 35.5. The fourth-order valence-corrected chi connectivity index (χ4v) is 3.57. The van der Waals surface area contributed by atoms with E-state index in [9.17, 15) is 4.79 Å². The van der Waals surface area contributed by atoms with Gasteiger partial charge in [0.25, 0.3) is 5.91 Å². The van der Waals surface area contributed by atoms with Crippen molar-refractivity contribution in [1.29, 1.82) is 5.26 Å². The van der Waals surface area contributed by atoms with Crippen molar-refractivity contribution >= 4 is 23.2 Å². The topological polar surface area (TPSA) is 61.8 Å². The maximum absolute atomic E-state index is 12.3. The standard InChI is InChI=1S/C20H21ClN4O/c21-18-6-3-4-16(12-18)14-24-8-10-25(11-9-24)15-20(26)23-19-7-2-1-5-17(19)13-22/h1-7,12H,8-11,14-15H2,(H,23,26)/p+2. The van der Waals surface area contributed by atoms with Crippen LogP contribution >= 0.6 is 11.6 Å². The van der Waals surface area contributed by atoms with E-state index in [0.717, 1.165) is 37.7 Å². The number of piperazine rings is 1. The molecule has 0 radical (unpaired) electrons. The summed E-state index contributed by atoms with van der Waals surface area (Å²) in [5.41, 5.74) is 2.33. The van der Waals surface area contributed by atoms with Gasteiger partial charge in [0.15, 0.2) is 6.54 Å². The minimum Gasteiger partial charge on any atom is -0.322 e. The average Bonchev–Trinajstić information content (AvgIpc) is 2.64. The number of nitrogens with one attached hydrogen (secondary N) is 3. The van der Waals surface area contributed by atoms with Crippen LogP contribution in [0.1, 0.15) is 11.1 Å². The molecule has 1 aliphatic heterocycles. The molecular formula is C20H23ClN4O+2. The quantitative estimate of drug-likeness (QED) is 0.701. The van der Waals surface area contributed by atoms with E-state index in [-0.39, 0.29) is 5.91 Å². The number of nitrogens with zero attached hydrogens (tertiary/aromatic N) is 1. The van der Waals surface area contributed by atoms with Gasteiger partial charge in [-0.2, -0.15) is 5.26 Å². The summed E-state index contributed by atoms with van der Waals surface area (Å²) < 4.78 is 0. The van der Waals surface area contributed by atoms with Crippen molar-refractivity contribution in [2.24, 2.45) is 0 Å². The van der Waals surface area contributed by atoms with Crippen molar-refractivity contribution in [3.63, 3.8) is 0 Å². The summed E-state index contributed by atoms with van der Waals surface area (Å²) in [5.74, 6) is -0.0407. The highest BCUT2D eigenvalue weighted by Gasteiger charge is 2.25. The molecule has 2 aromatic carbocycles. The molecule has 2 aromatic rings. The molecule has 0 bridgehead atoms. The molecule has 1 aliphatic rings. The van der Waals surface area contributed by atoms with Crippen molar-refractivity contribution in [2.45, 2.75) is 6.54 Å². The van der Waals surface area contributed by atoms with Gasteiger partial charge >= 0.3 is 0 Å². The Morgan fingerprint density at radius 2 is 1.81 bits per heavy atom. The van der Waals surface area contributed by atoms with Crippen LogP contribution in [0.3, 0.4) is 0 Å². The van der Waals surface area contributed by atoms with Crippen LogP contribution in [0.4, 0.5) is 5.69 Å². The van der Waals surface area contributed by atoms with Crippen LogP contribution in [0.2, 0.25) is 5.02 Å². The summed E-state index contributed by atoms with van der Waals surface area (Å²) in [6, 6.07) is 17.2. The van der Waals surface area contributed by atoms with Crippen molar-refractivity contribution < 1.29 is 14.6 Å². The lowest BCUT2D eigenvalue weighted by atomic mass is 10.2. The molecule has 0 unspecified atom stereocenters. The van der Waals surface area contributed by atoms with E-state index in [2.05, 4.69) is 17.5 Å². The minimum absolute atomic E-state index is 0.0407. The Balaban J connectivity index is 1.46. The highest BCUT2D eigenvalue weighted by molar-refractivity contribution is 6.30. The molecule has 0 spiro atoms. The first-order valence-corrected chi connectivity index (χ1v) is 9.22. The lowest BCUT2D eigenvalue weighted by molar-refractivity contribution is -1.02. The molecule has 0 aromatic heterocycles. The number of amides is 1. The van der Waals surface area contributed by atoms with Crippen molar-refractivity contribution in [3.8, 4) is 6.07 Å². The minimum atomic E-state index is -0.0407. The van der Waals surface area contributed by atoms with Gasteiger partial charge in [-0.25, -0.2) is 0 Å². The molecule has 3 rings (SSSR count). The van der Waals surface area contributed by atoms with E-state index < -0.39 is 0 Å². The molecule has 0 saturated carbocycles. The fourth-order valence-electron chi connectivity index (χ4n) is 3.36. The zero-order valence-electron chi connectivity index (χ0n) is 14.6. The molecular weight excluding hydrogens is 348 g/mol. The summed E-state index contributed by atoms with van der Waals surface area (Å²) in [4.78, 5) is 15.1. The van der Waals surface area contributed by atoms with Crippen LogP contribution in [-0.4, -0.2) is 38.6 Å². The molecule has 0 atom stereocenters. The third-order valence-corrected chi connectivity index (χ3v) is 4.97. The number of benzene rings is 2. The third kappa shape index (κ3) is 5.06. The number of anilines is 1. The Hall–Kier alpha value is -2.39. The molecule has 1 saturated heterocycles. The van der Waals surface area contributed by atoms with E-state index in [4.69, 9.17) is 16.9 Å². The molecule has 5 nitrogen and oxygen atoms in total. The third-order valence-electron chi connectivity index (χ3n) is 4.74. The molecule has 1 amide bonds. The van der Waals surface area contributed by atoms with Gasteiger partial charge in [-0.15, -0.1) is 0 Å². The average molecular weight is 371 g/mol. The van der Waals surface area contributed by atoms with Gasteiger partial charge in [-0.05, 0) is 24.3 Å². The summed E-state index contributed by atoms with van der Waals surface area (Å²) >= 11 is 6.05. The van der Waals surface area contributed by atoms with Gasteiger partial charge in [-0.3, -0.25) is 4.79 Å². The summed E-state index contributed by atoms with van der Waals surface area (Å²) in [6.07, 6.45) is 0. The van der Waals surface area contributed by atoms with E-state index in [1.54, 1.807) is 18.2 Å². The number of para-hydroxylation sites is 1. The molecule has 1 heterocycles. The predicted octanol–water partition coefficient (Wildman–Crippen LogP) is 0.134. The van der Waals surface area contributed by atoms with Crippen LogP contribution in [-0.2, 0) is 11.3 Å². The maximum atomic E-state index is 12.3. The first-order valence-electron chi connectivity index (χ1n) is 8.84. The van der Waals surface area contributed by atoms with Gasteiger partial charge in [0.05, 0.1) is 11.3 Å². The number of quaternary nitrogens is 2. The molecule has 26 heavy (non-hydrogen) atoms. The van der Waals surface area contributed by atoms with Crippen LogP contribution < -0.4 is 15.1 Å². The molecule has 134 valence electrons. The van der Waals surface area contributed by atoms with Gasteiger partial charge < -0.3 is 15.1 Å². The lowest BCUT2D eigenvalue weighted by Crippen LogP contribution is -3.28. The summed E-state index contributed by atoms with van der Waals surface area (Å²) in [7, 11) is 0. The Morgan fingerprint density at radius 3 is 2.54 bits per heavy atom. The second-order valence-electron chi connectivity index (χ2n) is 6.69. The Morgan fingerprint density at radius 1 is 1.08 bits per heavy atom. The lowest BCUT2D eigenvalue weighted by Gasteiger charge is -2.29. The van der Waals surface area contributed by atoms with Crippen LogP contribution in [0.15, 0.2) is 48.5 Å². The van der Waals surface area contributed by atoms with Crippen molar-refractivity contribution in [2.75, 3.05) is 38.0 Å². The summed E-state index contributed by atoms with van der Waals surface area (Å²) in [5, 5.41) is 12.7. The molecule has 3 N–H and O–H groups in total. The van der Waals surface area contributed by atoms with E-state index >= 15 is 0 Å². The fraction of sp³-hybridized carbons (Fsp3) is 0.300. The number of nitriles is 1. The van der Waals surface area contributed by atoms with Gasteiger partial charge in [-0.1, -0.05) is 35.9 Å². The smallest absolute Gasteiger partial charge is 0.279 e. The molecule has 0 aliphatic carbocycles. The maximum Gasteiger partial charge on any atom is 0.279 e. The number of rotatable bonds is 5. The van der Waals surface area contributed by atoms with Crippen LogP contribution in [0.25, 0.3) is 0 Å². The van der Waals surface area contributed by atoms with E-state index in [1.807, 2.05) is 24.3 Å². The number of hydrogen-bond acceptors (Lipinski definition) is 2. The predicted molar refractivity (Wildman–Crippen MR) is 101 cm³/mol. The van der Waals surface area contributed by atoms with Gasteiger partial charge in [0.2, 0.25) is 0 Å². The Labute approximate surface area is 158 Å².